The van der Waals surface area contributed by atoms with Crippen LogP contribution in [0.3, 0.4) is 0 Å². The molecule has 28 heavy (non-hydrogen) atoms. The molecule has 0 atom stereocenters. The van der Waals surface area contributed by atoms with Crippen molar-refractivity contribution in [1.29, 1.82) is 0 Å². The zero-order chi connectivity index (χ0) is 20.1. The van der Waals surface area contributed by atoms with E-state index in [0.29, 0.717) is 5.92 Å². The Labute approximate surface area is 169 Å². The summed E-state index contributed by atoms with van der Waals surface area (Å²) < 4.78 is 0. The number of fused-ring (bicyclic) bond motifs is 1. The predicted octanol–water partition coefficient (Wildman–Crippen LogP) is 6.09. The molecule has 3 nitrogen and oxygen atoms in total. The summed E-state index contributed by atoms with van der Waals surface area (Å²) in [4.78, 5) is 6.17. The van der Waals surface area contributed by atoms with E-state index in [-0.39, 0.29) is 0 Å². The number of para-hydroxylation sites is 1. The molecule has 0 bridgehead atoms. The third-order valence-corrected chi connectivity index (χ3v) is 5.76. The second-order valence-electron chi connectivity index (χ2n) is 7.87. The number of hydrogen-bond acceptors (Lipinski definition) is 2. The monoisotopic (exact) mass is 377 g/mol. The van der Waals surface area contributed by atoms with E-state index in [0.717, 1.165) is 38.9 Å². The first kappa shape index (κ1) is 20.5. The highest BCUT2D eigenvalue weighted by Gasteiger charge is 2.16. The number of benzene rings is 2. The van der Waals surface area contributed by atoms with E-state index in [9.17, 15) is 0 Å². The number of aromatic amines is 1. The number of anilines is 1. The molecule has 0 aliphatic carbocycles. The molecule has 1 aromatic heterocycles. The maximum absolute atomic E-state index is 5.75. The molecule has 0 unspecified atom stereocenters. The van der Waals surface area contributed by atoms with Crippen LogP contribution in [0, 0.1) is 0 Å². The zero-order valence-corrected chi connectivity index (χ0v) is 17.9. The number of hydrogen-bond donors (Lipinski definition) is 2. The normalized spacial score (nSPS) is 11.5. The Kier molecular flexibility index (Phi) is 6.79. The van der Waals surface area contributed by atoms with E-state index in [1.165, 1.54) is 39.0 Å². The van der Waals surface area contributed by atoms with Crippen molar-refractivity contribution in [3.63, 3.8) is 0 Å². The minimum atomic E-state index is 0.497. The Morgan fingerprint density at radius 1 is 0.964 bits per heavy atom. The highest BCUT2D eigenvalue weighted by atomic mass is 15.1. The van der Waals surface area contributed by atoms with E-state index < -0.39 is 0 Å². The Bertz CT molecular complexity index is 886. The number of nitrogens with two attached hydrogens (primary N) is 1. The Balaban J connectivity index is 2.08. The summed E-state index contributed by atoms with van der Waals surface area (Å²) in [5.41, 5.74) is 13.7. The van der Waals surface area contributed by atoms with E-state index in [1.54, 1.807) is 0 Å². The van der Waals surface area contributed by atoms with Gasteiger partial charge < -0.3 is 15.6 Å². The first-order chi connectivity index (χ1) is 13.6. The topological polar surface area (TPSA) is 45.0 Å². The highest BCUT2D eigenvalue weighted by molar-refractivity contribution is 5.93. The van der Waals surface area contributed by atoms with Crippen LogP contribution in [-0.2, 0) is 6.42 Å². The maximum atomic E-state index is 5.75. The van der Waals surface area contributed by atoms with E-state index >= 15 is 0 Å². The van der Waals surface area contributed by atoms with Gasteiger partial charge in [0.2, 0.25) is 0 Å². The molecule has 1 heterocycles. The van der Waals surface area contributed by atoms with Gasteiger partial charge in [0.15, 0.2) is 0 Å². The molecule has 0 saturated heterocycles. The number of aryl methyl sites for hydroxylation is 1. The van der Waals surface area contributed by atoms with Gasteiger partial charge in [0.25, 0.3) is 0 Å². The molecule has 0 saturated carbocycles. The number of rotatable bonds is 9. The van der Waals surface area contributed by atoms with Crippen molar-refractivity contribution in [3.05, 3.63) is 53.6 Å². The van der Waals surface area contributed by atoms with Gasteiger partial charge >= 0.3 is 0 Å². The first-order valence-electron chi connectivity index (χ1n) is 10.8. The Hall–Kier alpha value is -2.26. The lowest BCUT2D eigenvalue weighted by atomic mass is 9.96. The maximum Gasteiger partial charge on any atom is 0.0497 e. The standard InChI is InChI=1S/C25H35N3/c1-5-28(6-2)20-15-13-19(14-16-20)24-22(10-7-8-17-26)23-12-9-11-21(18(3)4)25(23)27-24/h9,11-16,18,27H,5-8,10,17,26H2,1-4H3. The van der Waals surface area contributed by atoms with E-state index in [1.807, 2.05) is 0 Å². The van der Waals surface area contributed by atoms with E-state index in [4.69, 9.17) is 5.73 Å². The average Bonchev–Trinajstić information content (AvgIpc) is 3.08. The fourth-order valence-electron chi connectivity index (χ4n) is 4.16. The molecule has 150 valence electrons. The third-order valence-electron chi connectivity index (χ3n) is 5.76. The second kappa shape index (κ2) is 9.29. The van der Waals surface area contributed by atoms with Crippen molar-refractivity contribution in [2.45, 2.75) is 52.9 Å². The molecule has 3 rings (SSSR count). The van der Waals surface area contributed by atoms with Crippen LogP contribution in [0.2, 0.25) is 0 Å². The summed E-state index contributed by atoms with van der Waals surface area (Å²) in [6.45, 7) is 11.8. The van der Waals surface area contributed by atoms with Crippen LogP contribution < -0.4 is 10.6 Å². The van der Waals surface area contributed by atoms with Crippen LogP contribution in [0.15, 0.2) is 42.5 Å². The minimum absolute atomic E-state index is 0.497. The Morgan fingerprint density at radius 3 is 2.29 bits per heavy atom. The van der Waals surface area contributed by atoms with Gasteiger partial charge in [-0.25, -0.2) is 0 Å². The molecule has 2 aromatic carbocycles. The van der Waals surface area contributed by atoms with Gasteiger partial charge in [-0.15, -0.1) is 0 Å². The van der Waals surface area contributed by atoms with Gasteiger partial charge in [0, 0.05) is 35.4 Å². The van der Waals surface area contributed by atoms with Gasteiger partial charge in [-0.05, 0) is 74.4 Å². The fraction of sp³-hybridized carbons (Fsp3) is 0.440. The Morgan fingerprint density at radius 2 is 1.68 bits per heavy atom. The van der Waals surface area contributed by atoms with Crippen molar-refractivity contribution in [1.82, 2.24) is 4.98 Å². The SMILES string of the molecule is CCN(CC)c1ccc(-c2[nH]c3c(C(C)C)cccc3c2CCCCN)cc1. The van der Waals surface area contributed by atoms with Gasteiger partial charge in [0.05, 0.1) is 0 Å². The quantitative estimate of drug-likeness (QED) is 0.443. The highest BCUT2D eigenvalue weighted by Crippen LogP contribution is 2.35. The summed E-state index contributed by atoms with van der Waals surface area (Å²) in [6, 6.07) is 15.7. The predicted molar refractivity (Wildman–Crippen MR) is 123 cm³/mol. The lowest BCUT2D eigenvalue weighted by Gasteiger charge is -2.21. The van der Waals surface area contributed by atoms with Crippen LogP contribution in [0.5, 0.6) is 0 Å². The smallest absolute Gasteiger partial charge is 0.0497 e. The van der Waals surface area contributed by atoms with Gasteiger partial charge in [0.1, 0.15) is 0 Å². The molecular weight excluding hydrogens is 342 g/mol. The number of H-pyrrole nitrogens is 1. The molecule has 0 amide bonds. The van der Waals surface area contributed by atoms with Crippen LogP contribution in [0.1, 0.15) is 57.6 Å². The summed E-state index contributed by atoms with van der Waals surface area (Å²) in [6.07, 6.45) is 3.25. The second-order valence-corrected chi connectivity index (χ2v) is 7.87. The first-order valence-corrected chi connectivity index (χ1v) is 10.8. The number of nitrogens with one attached hydrogen (secondary N) is 1. The number of unbranched alkanes of at least 4 members (excludes halogenated alkanes) is 1. The van der Waals surface area contributed by atoms with Gasteiger partial charge in [-0.2, -0.15) is 0 Å². The van der Waals surface area contributed by atoms with Crippen molar-refractivity contribution < 1.29 is 0 Å². The third kappa shape index (κ3) is 4.10. The summed E-state index contributed by atoms with van der Waals surface area (Å²) in [7, 11) is 0. The average molecular weight is 378 g/mol. The van der Waals surface area contributed by atoms with Crippen molar-refractivity contribution in [3.8, 4) is 11.3 Å². The zero-order valence-electron chi connectivity index (χ0n) is 17.9. The van der Waals surface area contributed by atoms with Crippen LogP contribution in [-0.4, -0.2) is 24.6 Å². The number of nitrogens with zero attached hydrogens (tertiary/aromatic N) is 1. The molecule has 0 radical (unpaired) electrons. The summed E-state index contributed by atoms with van der Waals surface area (Å²) in [5, 5.41) is 1.37. The molecular formula is C25H35N3. The van der Waals surface area contributed by atoms with Crippen LogP contribution in [0.4, 0.5) is 5.69 Å². The van der Waals surface area contributed by atoms with E-state index in [2.05, 4.69) is 80.0 Å². The molecule has 0 aliphatic heterocycles. The van der Waals surface area contributed by atoms with Crippen LogP contribution >= 0.6 is 0 Å². The van der Waals surface area contributed by atoms with Gasteiger partial charge in [-0.3, -0.25) is 0 Å². The summed E-state index contributed by atoms with van der Waals surface area (Å²) >= 11 is 0. The molecule has 0 spiro atoms. The largest absolute Gasteiger partial charge is 0.372 e. The minimum Gasteiger partial charge on any atom is -0.372 e. The van der Waals surface area contributed by atoms with Gasteiger partial charge in [-0.1, -0.05) is 44.2 Å². The van der Waals surface area contributed by atoms with Crippen molar-refractivity contribution >= 4 is 16.6 Å². The van der Waals surface area contributed by atoms with Crippen molar-refractivity contribution in [2.24, 2.45) is 5.73 Å². The fourth-order valence-corrected chi connectivity index (χ4v) is 4.16. The number of aromatic nitrogens is 1. The molecule has 0 fully saturated rings. The van der Waals surface area contributed by atoms with Crippen molar-refractivity contribution in [2.75, 3.05) is 24.5 Å². The lowest BCUT2D eigenvalue weighted by Crippen LogP contribution is -2.21. The lowest BCUT2D eigenvalue weighted by molar-refractivity contribution is 0.748. The molecule has 3 N–H and O–H groups in total. The molecule has 3 aromatic rings. The molecule has 3 heteroatoms. The van der Waals surface area contributed by atoms with Crippen LogP contribution in [0.25, 0.3) is 22.2 Å². The summed E-state index contributed by atoms with van der Waals surface area (Å²) in [5.74, 6) is 0.497. The molecule has 0 aliphatic rings.